The van der Waals surface area contributed by atoms with E-state index in [0.29, 0.717) is 0 Å². The fraction of sp³-hybridized carbons (Fsp3) is 0.455. The van der Waals surface area contributed by atoms with Gasteiger partial charge in [0, 0.05) is 6.04 Å². The van der Waals surface area contributed by atoms with E-state index in [1.165, 1.54) is 5.56 Å². The SMILES string of the molecule is CNC1Cc2cc(OC)ccc2C1O. The predicted octanol–water partition coefficient (Wildman–Crippen LogP) is 0.873. The molecule has 0 saturated carbocycles. The van der Waals surface area contributed by atoms with Gasteiger partial charge in [-0.05, 0) is 36.7 Å². The third kappa shape index (κ3) is 1.38. The Bertz CT molecular complexity index is 338. The highest BCUT2D eigenvalue weighted by Crippen LogP contribution is 2.33. The van der Waals surface area contributed by atoms with Crippen LogP contribution in [0.4, 0.5) is 0 Å². The number of methoxy groups -OCH3 is 1. The molecule has 2 atom stereocenters. The van der Waals surface area contributed by atoms with Crippen molar-refractivity contribution in [2.24, 2.45) is 0 Å². The first-order chi connectivity index (χ1) is 6.76. The van der Waals surface area contributed by atoms with E-state index in [-0.39, 0.29) is 12.1 Å². The van der Waals surface area contributed by atoms with Crippen LogP contribution >= 0.6 is 0 Å². The first-order valence-electron chi connectivity index (χ1n) is 4.78. The second-order valence-electron chi connectivity index (χ2n) is 3.61. The van der Waals surface area contributed by atoms with Gasteiger partial charge in [0.2, 0.25) is 0 Å². The molecule has 0 aromatic heterocycles. The summed E-state index contributed by atoms with van der Waals surface area (Å²) in [6, 6.07) is 5.96. The van der Waals surface area contributed by atoms with Gasteiger partial charge in [-0.15, -0.1) is 0 Å². The molecule has 14 heavy (non-hydrogen) atoms. The molecule has 1 aliphatic carbocycles. The molecule has 2 rings (SSSR count). The van der Waals surface area contributed by atoms with Gasteiger partial charge in [-0.25, -0.2) is 0 Å². The van der Waals surface area contributed by atoms with Gasteiger partial charge in [0.1, 0.15) is 5.75 Å². The Kier molecular flexibility index (Phi) is 2.44. The summed E-state index contributed by atoms with van der Waals surface area (Å²) in [6.07, 6.45) is 0.477. The summed E-state index contributed by atoms with van der Waals surface area (Å²) in [7, 11) is 3.53. The molecule has 2 unspecified atom stereocenters. The van der Waals surface area contributed by atoms with Crippen molar-refractivity contribution in [1.82, 2.24) is 5.32 Å². The van der Waals surface area contributed by atoms with Gasteiger partial charge >= 0.3 is 0 Å². The summed E-state index contributed by atoms with van der Waals surface area (Å²) >= 11 is 0. The maximum absolute atomic E-state index is 9.90. The number of likely N-dealkylation sites (N-methyl/N-ethyl adjacent to an activating group) is 1. The topological polar surface area (TPSA) is 41.5 Å². The van der Waals surface area contributed by atoms with Crippen LogP contribution in [0, 0.1) is 0 Å². The molecule has 1 aromatic rings. The number of hydrogen-bond donors (Lipinski definition) is 2. The van der Waals surface area contributed by atoms with Crippen LogP contribution in [0.1, 0.15) is 17.2 Å². The second kappa shape index (κ2) is 3.59. The van der Waals surface area contributed by atoms with Crippen molar-refractivity contribution >= 4 is 0 Å². The zero-order valence-corrected chi connectivity index (χ0v) is 8.45. The Morgan fingerprint density at radius 3 is 2.93 bits per heavy atom. The van der Waals surface area contributed by atoms with E-state index in [1.807, 2.05) is 25.2 Å². The predicted molar refractivity (Wildman–Crippen MR) is 54.5 cm³/mol. The molecular formula is C11H15NO2. The molecule has 0 fully saturated rings. The molecule has 3 heteroatoms. The number of rotatable bonds is 2. The number of aliphatic hydroxyl groups is 1. The Hall–Kier alpha value is -1.06. The van der Waals surface area contributed by atoms with Gasteiger partial charge < -0.3 is 15.2 Å². The maximum Gasteiger partial charge on any atom is 0.119 e. The van der Waals surface area contributed by atoms with Crippen LogP contribution in [0.25, 0.3) is 0 Å². The average Bonchev–Trinajstić information content (AvgIpc) is 2.55. The number of ether oxygens (including phenoxy) is 1. The number of hydrogen-bond acceptors (Lipinski definition) is 3. The minimum atomic E-state index is -0.388. The lowest BCUT2D eigenvalue weighted by atomic mass is 10.1. The van der Waals surface area contributed by atoms with Crippen molar-refractivity contribution in [3.8, 4) is 5.75 Å². The van der Waals surface area contributed by atoms with Crippen molar-refractivity contribution < 1.29 is 9.84 Å². The van der Waals surface area contributed by atoms with Gasteiger partial charge in [-0.2, -0.15) is 0 Å². The molecule has 76 valence electrons. The Labute approximate surface area is 83.7 Å². The molecule has 1 aromatic carbocycles. The maximum atomic E-state index is 9.90. The smallest absolute Gasteiger partial charge is 0.119 e. The molecule has 0 heterocycles. The molecule has 1 aliphatic rings. The molecule has 0 amide bonds. The van der Waals surface area contributed by atoms with Crippen molar-refractivity contribution in [3.63, 3.8) is 0 Å². The lowest BCUT2D eigenvalue weighted by Crippen LogP contribution is -2.29. The third-order valence-corrected chi connectivity index (χ3v) is 2.86. The minimum absolute atomic E-state index is 0.136. The van der Waals surface area contributed by atoms with E-state index >= 15 is 0 Å². The van der Waals surface area contributed by atoms with Crippen LogP contribution in [0.5, 0.6) is 5.75 Å². The van der Waals surface area contributed by atoms with Gasteiger partial charge in [-0.1, -0.05) is 6.07 Å². The molecule has 0 radical (unpaired) electrons. The molecule has 0 saturated heterocycles. The van der Waals surface area contributed by atoms with Crippen LogP contribution in [0.2, 0.25) is 0 Å². The highest BCUT2D eigenvalue weighted by Gasteiger charge is 2.29. The van der Waals surface area contributed by atoms with Crippen LogP contribution in [-0.2, 0) is 6.42 Å². The lowest BCUT2D eigenvalue weighted by Gasteiger charge is -2.12. The number of fused-ring (bicyclic) bond motifs is 1. The van der Waals surface area contributed by atoms with Gasteiger partial charge in [0.25, 0.3) is 0 Å². The fourth-order valence-corrected chi connectivity index (χ4v) is 2.00. The fourth-order valence-electron chi connectivity index (χ4n) is 2.00. The summed E-state index contributed by atoms with van der Waals surface area (Å²) < 4.78 is 5.14. The number of benzene rings is 1. The molecular weight excluding hydrogens is 178 g/mol. The Morgan fingerprint density at radius 1 is 1.50 bits per heavy atom. The quantitative estimate of drug-likeness (QED) is 0.732. The highest BCUT2D eigenvalue weighted by atomic mass is 16.5. The first kappa shape index (κ1) is 9.49. The third-order valence-electron chi connectivity index (χ3n) is 2.86. The van der Waals surface area contributed by atoms with E-state index in [4.69, 9.17) is 4.74 Å². The van der Waals surface area contributed by atoms with Crippen molar-refractivity contribution in [3.05, 3.63) is 29.3 Å². The molecule has 2 N–H and O–H groups in total. The highest BCUT2D eigenvalue weighted by molar-refractivity contribution is 5.41. The average molecular weight is 193 g/mol. The van der Waals surface area contributed by atoms with Gasteiger partial charge in [0.15, 0.2) is 0 Å². The lowest BCUT2D eigenvalue weighted by molar-refractivity contribution is 0.146. The van der Waals surface area contributed by atoms with Crippen molar-refractivity contribution in [2.75, 3.05) is 14.2 Å². The molecule has 0 spiro atoms. The standard InChI is InChI=1S/C11H15NO2/c1-12-10-6-7-5-8(14-2)3-4-9(7)11(10)13/h3-5,10-13H,6H2,1-2H3. The zero-order chi connectivity index (χ0) is 10.1. The molecule has 0 bridgehead atoms. The summed E-state index contributed by atoms with van der Waals surface area (Å²) in [5.41, 5.74) is 2.20. The summed E-state index contributed by atoms with van der Waals surface area (Å²) in [5.74, 6) is 0.854. The van der Waals surface area contributed by atoms with Gasteiger partial charge in [-0.3, -0.25) is 0 Å². The Morgan fingerprint density at radius 2 is 2.29 bits per heavy atom. The normalized spacial score (nSPS) is 24.8. The van der Waals surface area contributed by atoms with Crippen LogP contribution in [-0.4, -0.2) is 25.3 Å². The molecule has 0 aliphatic heterocycles. The summed E-state index contributed by atoms with van der Waals surface area (Å²) in [4.78, 5) is 0. The minimum Gasteiger partial charge on any atom is -0.497 e. The van der Waals surface area contributed by atoms with Crippen LogP contribution < -0.4 is 10.1 Å². The second-order valence-corrected chi connectivity index (χ2v) is 3.61. The number of nitrogens with one attached hydrogen (secondary N) is 1. The van der Waals surface area contributed by atoms with Crippen LogP contribution in [0.15, 0.2) is 18.2 Å². The van der Waals surface area contributed by atoms with Crippen molar-refractivity contribution in [2.45, 2.75) is 18.6 Å². The largest absolute Gasteiger partial charge is 0.497 e. The van der Waals surface area contributed by atoms with Crippen molar-refractivity contribution in [1.29, 1.82) is 0 Å². The van der Waals surface area contributed by atoms with E-state index < -0.39 is 0 Å². The summed E-state index contributed by atoms with van der Waals surface area (Å²) in [5, 5.41) is 13.0. The molecule has 3 nitrogen and oxygen atoms in total. The van der Waals surface area contributed by atoms with Crippen LogP contribution in [0.3, 0.4) is 0 Å². The van der Waals surface area contributed by atoms with E-state index in [0.717, 1.165) is 17.7 Å². The van der Waals surface area contributed by atoms with E-state index in [1.54, 1.807) is 7.11 Å². The Balaban J connectivity index is 2.34. The first-order valence-corrected chi connectivity index (χ1v) is 4.78. The summed E-state index contributed by atoms with van der Waals surface area (Å²) in [6.45, 7) is 0. The monoisotopic (exact) mass is 193 g/mol. The zero-order valence-electron chi connectivity index (χ0n) is 8.45. The van der Waals surface area contributed by atoms with Gasteiger partial charge in [0.05, 0.1) is 13.2 Å². The van der Waals surface area contributed by atoms with E-state index in [9.17, 15) is 5.11 Å². The van der Waals surface area contributed by atoms with E-state index in [2.05, 4.69) is 5.32 Å². The number of aliphatic hydroxyl groups excluding tert-OH is 1.